The van der Waals surface area contributed by atoms with Crippen molar-refractivity contribution in [1.29, 1.82) is 0 Å². The van der Waals surface area contributed by atoms with Gasteiger partial charge in [-0.2, -0.15) is 0 Å². The number of aromatic nitrogens is 2. The number of benzene rings is 2. The van der Waals surface area contributed by atoms with Crippen molar-refractivity contribution in [3.8, 4) is 11.3 Å². The van der Waals surface area contributed by atoms with Gasteiger partial charge in [0.15, 0.2) is 0 Å². The van der Waals surface area contributed by atoms with Gasteiger partial charge in [0.1, 0.15) is 9.90 Å². The van der Waals surface area contributed by atoms with Crippen molar-refractivity contribution in [2.45, 2.75) is 11.1 Å². The number of hydrogen-bond donors (Lipinski definition) is 1. The predicted octanol–water partition coefficient (Wildman–Crippen LogP) is 5.77. The normalized spacial score (nSPS) is 10.7. The highest BCUT2D eigenvalue weighted by Crippen LogP contribution is 2.37. The van der Waals surface area contributed by atoms with Crippen LogP contribution in [0.4, 0.5) is 5.69 Å². The quantitative estimate of drug-likeness (QED) is 0.453. The minimum atomic E-state index is -0.0527. The van der Waals surface area contributed by atoms with E-state index in [-0.39, 0.29) is 5.91 Å². The number of thioether (sulfide) groups is 1. The molecule has 3 aromatic rings. The predicted molar refractivity (Wildman–Crippen MR) is 111 cm³/mol. The van der Waals surface area contributed by atoms with Gasteiger partial charge in [-0.05, 0) is 42.7 Å². The molecule has 0 aliphatic heterocycles. The Bertz CT molecular complexity index is 897. The number of nitrogens with zero attached hydrogens (tertiary/aromatic N) is 2. The molecule has 3 rings (SSSR count). The summed E-state index contributed by atoms with van der Waals surface area (Å²) < 4.78 is 6.87. The van der Waals surface area contributed by atoms with Gasteiger partial charge in [-0.15, -0.1) is 16.9 Å². The third kappa shape index (κ3) is 4.91. The summed E-state index contributed by atoms with van der Waals surface area (Å²) in [5.74, 6) is 0.252. The average molecular weight is 499 g/mol. The Kier molecular flexibility index (Phi) is 6.27. The van der Waals surface area contributed by atoms with Crippen molar-refractivity contribution >= 4 is 66.7 Å². The van der Waals surface area contributed by atoms with E-state index in [9.17, 15) is 4.79 Å². The van der Waals surface area contributed by atoms with Gasteiger partial charge in [0.25, 0.3) is 0 Å². The van der Waals surface area contributed by atoms with Crippen molar-refractivity contribution in [3.63, 3.8) is 0 Å². The fraction of sp³-hybridized carbons (Fsp3) is 0.118. The largest absolute Gasteiger partial charge is 0.325 e. The molecule has 1 N–H and O–H groups in total. The van der Waals surface area contributed by atoms with E-state index in [1.54, 1.807) is 0 Å². The fourth-order valence-electron chi connectivity index (χ4n) is 2.09. The van der Waals surface area contributed by atoms with Crippen LogP contribution in [0.1, 0.15) is 5.56 Å². The van der Waals surface area contributed by atoms with Crippen molar-refractivity contribution in [1.82, 2.24) is 9.59 Å². The fourth-order valence-corrected chi connectivity index (χ4v) is 4.87. The minimum absolute atomic E-state index is 0.0527. The van der Waals surface area contributed by atoms with E-state index in [0.29, 0.717) is 5.75 Å². The smallest absolute Gasteiger partial charge is 0.234 e. The number of carbonyl (C=O) groups is 1. The Hall–Kier alpha value is -1.22. The maximum absolute atomic E-state index is 12.2. The molecule has 128 valence electrons. The van der Waals surface area contributed by atoms with Gasteiger partial charge >= 0.3 is 0 Å². The third-order valence-electron chi connectivity index (χ3n) is 3.31. The topological polar surface area (TPSA) is 54.9 Å². The molecule has 0 fully saturated rings. The van der Waals surface area contributed by atoms with Crippen LogP contribution in [0.3, 0.4) is 0 Å². The number of carbonyl (C=O) groups excluding carboxylic acids is 1. The van der Waals surface area contributed by atoms with Crippen LogP contribution in [-0.4, -0.2) is 21.2 Å². The average Bonchev–Trinajstić information content (AvgIpc) is 3.03. The number of hydrogen-bond acceptors (Lipinski definition) is 5. The van der Waals surface area contributed by atoms with E-state index < -0.39 is 0 Å². The monoisotopic (exact) mass is 497 g/mol. The Balaban J connectivity index is 1.67. The number of amides is 1. The molecule has 0 atom stereocenters. The lowest BCUT2D eigenvalue weighted by molar-refractivity contribution is -0.113. The van der Waals surface area contributed by atoms with Gasteiger partial charge in [0.05, 0.1) is 5.75 Å². The van der Waals surface area contributed by atoms with Crippen LogP contribution in [0.15, 0.2) is 55.6 Å². The molecule has 0 spiro atoms. The first-order valence-corrected chi connectivity index (χ1v) is 10.6. The maximum Gasteiger partial charge on any atom is 0.234 e. The molecule has 25 heavy (non-hydrogen) atoms. The van der Waals surface area contributed by atoms with E-state index in [0.717, 1.165) is 35.7 Å². The Morgan fingerprint density at radius 1 is 1.20 bits per heavy atom. The summed E-state index contributed by atoms with van der Waals surface area (Å²) in [6, 6.07) is 13.6. The highest BCUT2D eigenvalue weighted by molar-refractivity contribution is 9.11. The highest BCUT2D eigenvalue weighted by atomic mass is 79.9. The van der Waals surface area contributed by atoms with E-state index in [4.69, 9.17) is 0 Å². The molecule has 8 heteroatoms. The zero-order valence-corrected chi connectivity index (χ0v) is 17.9. The molecule has 0 unspecified atom stereocenters. The molecule has 0 aliphatic rings. The highest BCUT2D eigenvalue weighted by Gasteiger charge is 2.15. The molecule has 0 radical (unpaired) electrons. The van der Waals surface area contributed by atoms with Gasteiger partial charge in [0.2, 0.25) is 5.91 Å². The van der Waals surface area contributed by atoms with Gasteiger partial charge in [0, 0.05) is 20.2 Å². The molecular formula is C17H13Br2N3OS2. The van der Waals surface area contributed by atoms with Crippen LogP contribution in [0, 0.1) is 6.92 Å². The summed E-state index contributed by atoms with van der Waals surface area (Å²) in [6.07, 6.45) is 0. The Morgan fingerprint density at radius 3 is 2.68 bits per heavy atom. The van der Waals surface area contributed by atoms with Crippen LogP contribution < -0.4 is 5.32 Å². The van der Waals surface area contributed by atoms with Crippen LogP contribution >= 0.6 is 55.2 Å². The molecule has 0 saturated carbocycles. The Labute approximate surface area is 170 Å². The molecule has 2 aromatic carbocycles. The van der Waals surface area contributed by atoms with Crippen molar-refractivity contribution in [2.75, 3.05) is 11.1 Å². The number of halogens is 2. The lowest BCUT2D eigenvalue weighted by atomic mass is 10.2. The lowest BCUT2D eigenvalue weighted by Gasteiger charge is -2.06. The summed E-state index contributed by atoms with van der Waals surface area (Å²) in [7, 11) is 0. The zero-order valence-electron chi connectivity index (χ0n) is 13.1. The SMILES string of the molecule is Cc1ccc(NC(=O)CSc2snnc2-c2ccc(Br)cc2Br)cc1. The van der Waals surface area contributed by atoms with Crippen LogP contribution in [0.5, 0.6) is 0 Å². The van der Waals surface area contributed by atoms with Crippen molar-refractivity contribution in [2.24, 2.45) is 0 Å². The van der Waals surface area contributed by atoms with E-state index in [2.05, 4.69) is 46.8 Å². The van der Waals surface area contributed by atoms with E-state index in [1.165, 1.54) is 23.3 Å². The first-order valence-electron chi connectivity index (χ1n) is 7.30. The number of nitrogens with one attached hydrogen (secondary N) is 1. The van der Waals surface area contributed by atoms with Crippen LogP contribution in [-0.2, 0) is 4.79 Å². The second-order valence-corrected chi connectivity index (χ2v) is 9.00. The summed E-state index contributed by atoms with van der Waals surface area (Å²) >= 11 is 9.73. The first kappa shape index (κ1) is 18.6. The third-order valence-corrected chi connectivity index (χ3v) is 6.42. The molecule has 1 aromatic heterocycles. The molecule has 0 aliphatic carbocycles. The molecule has 1 amide bonds. The maximum atomic E-state index is 12.2. The molecule has 0 saturated heterocycles. The lowest BCUT2D eigenvalue weighted by Crippen LogP contribution is -2.13. The van der Waals surface area contributed by atoms with Crippen molar-refractivity contribution in [3.05, 3.63) is 57.0 Å². The summed E-state index contributed by atoms with van der Waals surface area (Å²) in [4.78, 5) is 12.2. The number of anilines is 1. The molecule has 1 heterocycles. The standard InChI is InChI=1S/C17H13Br2N3OS2/c1-10-2-5-12(6-3-10)20-15(23)9-24-17-16(21-22-25-17)13-7-4-11(18)8-14(13)19/h2-8H,9H2,1H3,(H,20,23). The summed E-state index contributed by atoms with van der Waals surface area (Å²) in [6.45, 7) is 2.01. The second-order valence-electron chi connectivity index (χ2n) is 5.24. The minimum Gasteiger partial charge on any atom is -0.325 e. The number of rotatable bonds is 5. The van der Waals surface area contributed by atoms with E-state index in [1.807, 2.05) is 49.4 Å². The van der Waals surface area contributed by atoms with Gasteiger partial charge in [-0.3, -0.25) is 4.79 Å². The van der Waals surface area contributed by atoms with Gasteiger partial charge in [-0.25, -0.2) is 0 Å². The molecule has 4 nitrogen and oxygen atoms in total. The van der Waals surface area contributed by atoms with Crippen LogP contribution in [0.2, 0.25) is 0 Å². The Morgan fingerprint density at radius 2 is 1.96 bits per heavy atom. The summed E-state index contributed by atoms with van der Waals surface area (Å²) in [5, 5.41) is 7.12. The molecular weight excluding hydrogens is 486 g/mol. The summed E-state index contributed by atoms with van der Waals surface area (Å²) in [5.41, 5.74) is 3.71. The van der Waals surface area contributed by atoms with Gasteiger partial charge in [-0.1, -0.05) is 60.1 Å². The second kappa shape index (κ2) is 8.44. The molecule has 0 bridgehead atoms. The number of aryl methyl sites for hydroxylation is 1. The van der Waals surface area contributed by atoms with Crippen molar-refractivity contribution < 1.29 is 4.79 Å². The zero-order chi connectivity index (χ0) is 17.8. The van der Waals surface area contributed by atoms with E-state index >= 15 is 0 Å². The van der Waals surface area contributed by atoms with Crippen LogP contribution in [0.25, 0.3) is 11.3 Å². The van der Waals surface area contributed by atoms with Gasteiger partial charge < -0.3 is 5.32 Å². The first-order chi connectivity index (χ1) is 12.0.